The fourth-order valence-corrected chi connectivity index (χ4v) is 2.43. The van der Waals surface area contributed by atoms with Gasteiger partial charge in [-0.25, -0.2) is 4.98 Å². The second-order valence-corrected chi connectivity index (χ2v) is 5.97. The van der Waals surface area contributed by atoms with Crippen molar-refractivity contribution in [3.8, 4) is 11.8 Å². The third-order valence-electron chi connectivity index (χ3n) is 3.90. The van der Waals surface area contributed by atoms with Gasteiger partial charge in [0.05, 0.1) is 7.11 Å². The summed E-state index contributed by atoms with van der Waals surface area (Å²) < 4.78 is 4.56. The molecule has 1 aromatic rings. The smallest absolute Gasteiger partial charge is 0.305 e. The lowest BCUT2D eigenvalue weighted by Gasteiger charge is -2.21. The molecule has 2 heterocycles. The molecule has 0 aliphatic carbocycles. The Labute approximate surface area is 157 Å². The summed E-state index contributed by atoms with van der Waals surface area (Å²) in [5.41, 5.74) is 0.594. The number of esters is 1. The number of carbonyl (C=O) groups excluding carboxylic acids is 4. The van der Waals surface area contributed by atoms with Gasteiger partial charge in [-0.15, -0.1) is 0 Å². The Balaban J connectivity index is 1.86. The normalized spacial score (nSPS) is 16.0. The number of rotatable bonds is 6. The second kappa shape index (κ2) is 10.1. The van der Waals surface area contributed by atoms with Crippen molar-refractivity contribution in [2.24, 2.45) is 0 Å². The Morgan fingerprint density at radius 3 is 2.89 bits per heavy atom. The molecule has 0 saturated carbocycles. The van der Waals surface area contributed by atoms with E-state index in [1.165, 1.54) is 13.2 Å². The summed E-state index contributed by atoms with van der Waals surface area (Å²) in [6.07, 6.45) is 2.88. The van der Waals surface area contributed by atoms with E-state index in [1.54, 1.807) is 12.1 Å². The number of ether oxygens (including phenoxy) is 1. The van der Waals surface area contributed by atoms with Crippen LogP contribution in [0.1, 0.15) is 54.7 Å². The number of imide groups is 1. The first kappa shape index (κ1) is 20.1. The number of hydrogen-bond donors (Lipinski definition) is 2. The maximum atomic E-state index is 12.3. The van der Waals surface area contributed by atoms with Crippen LogP contribution in [-0.4, -0.2) is 41.8 Å². The van der Waals surface area contributed by atoms with Crippen molar-refractivity contribution in [3.05, 3.63) is 29.6 Å². The summed E-state index contributed by atoms with van der Waals surface area (Å²) in [5, 5.41) is 4.76. The number of methoxy groups -OCH3 is 1. The van der Waals surface area contributed by atoms with Crippen molar-refractivity contribution in [1.82, 2.24) is 15.6 Å². The minimum absolute atomic E-state index is 0.150. The van der Waals surface area contributed by atoms with Crippen molar-refractivity contribution in [2.45, 2.75) is 44.6 Å². The van der Waals surface area contributed by atoms with Gasteiger partial charge in [-0.1, -0.05) is 12.0 Å². The molecule has 0 spiro atoms. The highest BCUT2D eigenvalue weighted by molar-refractivity contribution is 6.03. The molecule has 27 heavy (non-hydrogen) atoms. The van der Waals surface area contributed by atoms with Crippen LogP contribution in [0.2, 0.25) is 0 Å². The van der Waals surface area contributed by atoms with Gasteiger partial charge in [0.2, 0.25) is 11.8 Å². The molecule has 0 aromatic carbocycles. The van der Waals surface area contributed by atoms with E-state index in [0.29, 0.717) is 25.0 Å². The standard InChI is InChI=1S/C19H21N3O5/c1-27-17(24)10-5-3-2-4-7-13-8-6-9-14(20-13)18(25)21-15-11-12-16(23)22-19(15)26/h6,8-9,15H,2-3,5,10-12H2,1H3,(H,21,25)(H,22,23,26). The number of hydrogen-bond acceptors (Lipinski definition) is 6. The number of aromatic nitrogens is 1. The molecule has 2 N–H and O–H groups in total. The molecule has 1 unspecified atom stereocenters. The van der Waals surface area contributed by atoms with Gasteiger partial charge in [0, 0.05) is 19.3 Å². The van der Waals surface area contributed by atoms with Crippen molar-refractivity contribution in [2.75, 3.05) is 7.11 Å². The van der Waals surface area contributed by atoms with E-state index in [4.69, 9.17) is 0 Å². The zero-order chi connectivity index (χ0) is 19.6. The molecule has 3 amide bonds. The van der Waals surface area contributed by atoms with Crippen LogP contribution in [0.25, 0.3) is 0 Å². The number of nitrogens with zero attached hydrogens (tertiary/aromatic N) is 1. The monoisotopic (exact) mass is 371 g/mol. The highest BCUT2D eigenvalue weighted by Crippen LogP contribution is 2.06. The third-order valence-corrected chi connectivity index (χ3v) is 3.90. The van der Waals surface area contributed by atoms with E-state index in [0.717, 1.165) is 6.42 Å². The maximum Gasteiger partial charge on any atom is 0.305 e. The van der Waals surface area contributed by atoms with E-state index in [9.17, 15) is 19.2 Å². The van der Waals surface area contributed by atoms with Gasteiger partial charge >= 0.3 is 5.97 Å². The van der Waals surface area contributed by atoms with Crippen molar-refractivity contribution < 1.29 is 23.9 Å². The maximum absolute atomic E-state index is 12.3. The third kappa shape index (κ3) is 6.55. The molecule has 0 bridgehead atoms. The highest BCUT2D eigenvalue weighted by atomic mass is 16.5. The van der Waals surface area contributed by atoms with Gasteiger partial charge in [-0.2, -0.15) is 0 Å². The zero-order valence-electron chi connectivity index (χ0n) is 15.0. The van der Waals surface area contributed by atoms with Crippen molar-refractivity contribution in [1.29, 1.82) is 0 Å². The van der Waals surface area contributed by atoms with Crippen LogP contribution < -0.4 is 10.6 Å². The van der Waals surface area contributed by atoms with Crippen LogP contribution in [0.15, 0.2) is 18.2 Å². The minimum atomic E-state index is -0.749. The summed E-state index contributed by atoms with van der Waals surface area (Å²) in [6.45, 7) is 0. The molecule has 1 aromatic heterocycles. The molecular formula is C19H21N3O5. The molecule has 1 aliphatic rings. The molecule has 1 aliphatic heterocycles. The number of piperidine rings is 1. The number of pyridine rings is 1. The predicted octanol–water partition coefficient (Wildman–Crippen LogP) is 0.702. The molecule has 142 valence electrons. The minimum Gasteiger partial charge on any atom is -0.469 e. The van der Waals surface area contributed by atoms with Crippen LogP contribution in [0.5, 0.6) is 0 Å². The van der Waals surface area contributed by atoms with Gasteiger partial charge in [-0.3, -0.25) is 24.5 Å². The lowest BCUT2D eigenvalue weighted by molar-refractivity contribution is -0.140. The van der Waals surface area contributed by atoms with E-state index >= 15 is 0 Å². The zero-order valence-corrected chi connectivity index (χ0v) is 15.0. The highest BCUT2D eigenvalue weighted by Gasteiger charge is 2.28. The summed E-state index contributed by atoms with van der Waals surface area (Å²) >= 11 is 0. The van der Waals surface area contributed by atoms with Gasteiger partial charge in [0.15, 0.2) is 0 Å². The molecule has 1 atom stereocenters. The average Bonchev–Trinajstić information content (AvgIpc) is 2.66. The Morgan fingerprint density at radius 1 is 1.33 bits per heavy atom. The van der Waals surface area contributed by atoms with E-state index in [1.807, 2.05) is 0 Å². The fourth-order valence-electron chi connectivity index (χ4n) is 2.43. The fraction of sp³-hybridized carbons (Fsp3) is 0.421. The second-order valence-electron chi connectivity index (χ2n) is 5.97. The van der Waals surface area contributed by atoms with Gasteiger partial charge in [0.1, 0.15) is 17.4 Å². The molecule has 8 nitrogen and oxygen atoms in total. The molecule has 1 fully saturated rings. The molecule has 1 saturated heterocycles. The Morgan fingerprint density at radius 2 is 2.15 bits per heavy atom. The van der Waals surface area contributed by atoms with E-state index in [2.05, 4.69) is 32.2 Å². The predicted molar refractivity (Wildman–Crippen MR) is 95.2 cm³/mol. The van der Waals surface area contributed by atoms with Crippen LogP contribution in [0.3, 0.4) is 0 Å². The number of unbranched alkanes of at least 4 members (excludes halogenated alkanes) is 2. The molecule has 8 heteroatoms. The summed E-state index contributed by atoms with van der Waals surface area (Å²) in [4.78, 5) is 50.3. The first-order valence-electron chi connectivity index (χ1n) is 8.67. The van der Waals surface area contributed by atoms with Crippen molar-refractivity contribution in [3.63, 3.8) is 0 Å². The number of nitrogens with one attached hydrogen (secondary N) is 2. The van der Waals surface area contributed by atoms with Crippen LogP contribution in [0.4, 0.5) is 0 Å². The number of amides is 3. The van der Waals surface area contributed by atoms with E-state index in [-0.39, 0.29) is 30.4 Å². The van der Waals surface area contributed by atoms with Crippen LogP contribution in [0, 0.1) is 11.8 Å². The quantitative estimate of drug-likeness (QED) is 0.329. The van der Waals surface area contributed by atoms with Crippen LogP contribution in [-0.2, 0) is 19.1 Å². The lowest BCUT2D eigenvalue weighted by Crippen LogP contribution is -2.52. The van der Waals surface area contributed by atoms with Gasteiger partial charge < -0.3 is 10.1 Å². The Bertz CT molecular complexity index is 794. The van der Waals surface area contributed by atoms with E-state index < -0.39 is 17.9 Å². The summed E-state index contributed by atoms with van der Waals surface area (Å²) in [7, 11) is 1.36. The average molecular weight is 371 g/mol. The summed E-state index contributed by atoms with van der Waals surface area (Å²) in [6, 6.07) is 4.13. The largest absolute Gasteiger partial charge is 0.469 e. The first-order valence-corrected chi connectivity index (χ1v) is 8.67. The van der Waals surface area contributed by atoms with Crippen molar-refractivity contribution >= 4 is 23.7 Å². The number of carbonyl (C=O) groups is 4. The van der Waals surface area contributed by atoms with Gasteiger partial charge in [0.25, 0.3) is 5.91 Å². The topological polar surface area (TPSA) is 114 Å². The van der Waals surface area contributed by atoms with Gasteiger partial charge in [-0.05, 0) is 37.3 Å². The summed E-state index contributed by atoms with van der Waals surface area (Å²) in [5.74, 6) is 4.25. The molecular weight excluding hydrogens is 350 g/mol. The SMILES string of the molecule is COC(=O)CCCCC#Cc1cccc(C(=O)NC2CCC(=O)NC2=O)n1. The first-order chi connectivity index (χ1) is 13.0. The lowest BCUT2D eigenvalue weighted by atomic mass is 10.1. The van der Waals surface area contributed by atoms with Crippen LogP contribution >= 0.6 is 0 Å². The molecule has 2 rings (SSSR count). The Hall–Kier alpha value is -3.21. The molecule has 0 radical (unpaired) electrons. The Kier molecular flexibility index (Phi) is 7.49.